The Labute approximate surface area is 106 Å². The number of aliphatic hydroxyl groups is 1. The number of aliphatic hydroxyl groups excluding tert-OH is 1. The van der Waals surface area contributed by atoms with E-state index in [0.29, 0.717) is 16.6 Å². The molecule has 3 N–H and O–H groups in total. The number of halogens is 2. The molecule has 0 heterocycles. The summed E-state index contributed by atoms with van der Waals surface area (Å²) in [5, 5.41) is 16.1. The Morgan fingerprint density at radius 2 is 1.75 bits per heavy atom. The van der Waals surface area contributed by atoms with Gasteiger partial charge in [0.2, 0.25) is 0 Å². The summed E-state index contributed by atoms with van der Waals surface area (Å²) in [7, 11) is 0. The summed E-state index contributed by atoms with van der Waals surface area (Å²) in [5.74, 6) is 0. The smallest absolute Gasteiger partial charge is 0.0595 e. The molecular weight excluding hydrogens is 247 g/mol. The Kier molecular flexibility index (Phi) is 6.76. The summed E-state index contributed by atoms with van der Waals surface area (Å²) < 4.78 is 0. The summed E-state index contributed by atoms with van der Waals surface area (Å²) in [6, 6.07) is 5.60. The normalized spacial score (nSPS) is 10.7. The lowest BCUT2D eigenvalue weighted by atomic mass is 10.2. The van der Waals surface area contributed by atoms with Gasteiger partial charge in [0.15, 0.2) is 0 Å². The van der Waals surface area contributed by atoms with Crippen LogP contribution in [0, 0.1) is 0 Å². The molecule has 1 aromatic carbocycles. The molecule has 1 rings (SSSR count). The molecule has 0 amide bonds. The molecule has 0 fully saturated rings. The number of hydrogen-bond acceptors (Lipinski definition) is 3. The molecule has 3 nitrogen and oxygen atoms in total. The van der Waals surface area contributed by atoms with Crippen LogP contribution in [0.2, 0.25) is 10.0 Å². The second-order valence-electron chi connectivity index (χ2n) is 3.40. The van der Waals surface area contributed by atoms with E-state index in [2.05, 4.69) is 10.6 Å². The average Bonchev–Trinajstić information content (AvgIpc) is 2.28. The lowest BCUT2D eigenvalue weighted by Crippen LogP contribution is -2.28. The molecule has 1 aromatic rings. The zero-order valence-electron chi connectivity index (χ0n) is 8.97. The number of hydrogen-bond donors (Lipinski definition) is 3. The van der Waals surface area contributed by atoms with Crippen LogP contribution >= 0.6 is 23.2 Å². The van der Waals surface area contributed by atoms with E-state index in [4.69, 9.17) is 28.3 Å². The zero-order valence-corrected chi connectivity index (χ0v) is 10.5. The van der Waals surface area contributed by atoms with Gasteiger partial charge in [-0.05, 0) is 17.7 Å². The molecule has 0 spiro atoms. The highest BCUT2D eigenvalue weighted by atomic mass is 35.5. The van der Waals surface area contributed by atoms with Gasteiger partial charge in [0.25, 0.3) is 0 Å². The van der Waals surface area contributed by atoms with Crippen molar-refractivity contribution in [2.45, 2.75) is 6.54 Å². The summed E-state index contributed by atoms with van der Waals surface area (Å²) in [4.78, 5) is 0. The van der Waals surface area contributed by atoms with E-state index in [0.717, 1.165) is 25.2 Å². The van der Waals surface area contributed by atoms with E-state index >= 15 is 0 Å². The first-order valence-electron chi connectivity index (χ1n) is 5.20. The van der Waals surface area contributed by atoms with E-state index in [1.807, 2.05) is 12.1 Å². The van der Waals surface area contributed by atoms with Gasteiger partial charge in [0.05, 0.1) is 16.7 Å². The van der Waals surface area contributed by atoms with Crippen molar-refractivity contribution in [1.82, 2.24) is 10.6 Å². The maximum Gasteiger partial charge on any atom is 0.0595 e. The molecule has 0 saturated carbocycles. The van der Waals surface area contributed by atoms with Crippen LogP contribution in [-0.2, 0) is 6.54 Å². The molecular formula is C11H16Cl2N2O. The molecule has 0 aliphatic heterocycles. The fraction of sp³-hybridized carbons (Fsp3) is 0.455. The molecule has 0 bridgehead atoms. The van der Waals surface area contributed by atoms with Crippen LogP contribution in [0.25, 0.3) is 0 Å². The summed E-state index contributed by atoms with van der Waals surface area (Å²) >= 11 is 11.7. The SMILES string of the molecule is OCCNCCNCc1ccc(Cl)c(Cl)c1. The first-order chi connectivity index (χ1) is 7.74. The third-order valence-electron chi connectivity index (χ3n) is 2.08. The largest absolute Gasteiger partial charge is 0.395 e. The van der Waals surface area contributed by atoms with E-state index in [-0.39, 0.29) is 6.61 Å². The van der Waals surface area contributed by atoms with E-state index in [1.165, 1.54) is 0 Å². The van der Waals surface area contributed by atoms with Crippen LogP contribution in [0.1, 0.15) is 5.56 Å². The van der Waals surface area contributed by atoms with Crippen molar-refractivity contribution < 1.29 is 5.11 Å². The molecule has 0 saturated heterocycles. The highest BCUT2D eigenvalue weighted by molar-refractivity contribution is 6.42. The molecule has 0 aliphatic carbocycles. The average molecular weight is 263 g/mol. The minimum atomic E-state index is 0.173. The summed E-state index contributed by atoms with van der Waals surface area (Å²) in [6.45, 7) is 3.25. The minimum Gasteiger partial charge on any atom is -0.395 e. The Hall–Kier alpha value is -0.320. The van der Waals surface area contributed by atoms with Crippen LogP contribution in [0.5, 0.6) is 0 Å². The van der Waals surface area contributed by atoms with E-state index in [9.17, 15) is 0 Å². The highest BCUT2D eigenvalue weighted by Gasteiger charge is 1.98. The molecule has 0 aromatic heterocycles. The van der Waals surface area contributed by atoms with E-state index in [1.54, 1.807) is 6.07 Å². The monoisotopic (exact) mass is 262 g/mol. The van der Waals surface area contributed by atoms with Crippen molar-refractivity contribution in [3.63, 3.8) is 0 Å². The Bertz CT molecular complexity index is 321. The molecule has 0 atom stereocenters. The van der Waals surface area contributed by atoms with Crippen LogP contribution in [0.15, 0.2) is 18.2 Å². The molecule has 5 heteroatoms. The predicted octanol–water partition coefficient (Wildman–Crippen LogP) is 1.66. The first kappa shape index (κ1) is 13.7. The second kappa shape index (κ2) is 7.87. The number of benzene rings is 1. The van der Waals surface area contributed by atoms with Gasteiger partial charge in [-0.3, -0.25) is 0 Å². The molecule has 16 heavy (non-hydrogen) atoms. The Balaban J connectivity index is 2.19. The first-order valence-corrected chi connectivity index (χ1v) is 5.96. The van der Waals surface area contributed by atoms with Crippen LogP contribution in [0.4, 0.5) is 0 Å². The maximum atomic E-state index is 8.55. The third kappa shape index (κ3) is 5.14. The van der Waals surface area contributed by atoms with Gasteiger partial charge in [0, 0.05) is 26.2 Å². The molecule has 0 unspecified atom stereocenters. The molecule has 0 radical (unpaired) electrons. The number of nitrogens with one attached hydrogen (secondary N) is 2. The Morgan fingerprint density at radius 1 is 1.00 bits per heavy atom. The van der Waals surface area contributed by atoms with E-state index < -0.39 is 0 Å². The van der Waals surface area contributed by atoms with Gasteiger partial charge in [-0.15, -0.1) is 0 Å². The van der Waals surface area contributed by atoms with Crippen molar-refractivity contribution in [2.75, 3.05) is 26.2 Å². The molecule has 0 aliphatic rings. The van der Waals surface area contributed by atoms with Gasteiger partial charge in [0.1, 0.15) is 0 Å². The zero-order chi connectivity index (χ0) is 11.8. The quantitative estimate of drug-likeness (QED) is 0.656. The van der Waals surface area contributed by atoms with Crippen molar-refractivity contribution in [2.24, 2.45) is 0 Å². The van der Waals surface area contributed by atoms with Crippen molar-refractivity contribution in [3.8, 4) is 0 Å². The van der Waals surface area contributed by atoms with Crippen LogP contribution < -0.4 is 10.6 Å². The van der Waals surface area contributed by atoms with Crippen molar-refractivity contribution >= 4 is 23.2 Å². The van der Waals surface area contributed by atoms with Crippen LogP contribution in [0.3, 0.4) is 0 Å². The topological polar surface area (TPSA) is 44.3 Å². The fourth-order valence-electron chi connectivity index (χ4n) is 1.26. The van der Waals surface area contributed by atoms with Crippen molar-refractivity contribution in [3.05, 3.63) is 33.8 Å². The van der Waals surface area contributed by atoms with Gasteiger partial charge >= 0.3 is 0 Å². The minimum absolute atomic E-state index is 0.173. The highest BCUT2D eigenvalue weighted by Crippen LogP contribution is 2.22. The van der Waals surface area contributed by atoms with Crippen molar-refractivity contribution in [1.29, 1.82) is 0 Å². The fourth-order valence-corrected chi connectivity index (χ4v) is 1.58. The lowest BCUT2D eigenvalue weighted by Gasteiger charge is -2.06. The molecule has 90 valence electrons. The van der Waals surface area contributed by atoms with Gasteiger partial charge < -0.3 is 15.7 Å². The van der Waals surface area contributed by atoms with Crippen LogP contribution in [-0.4, -0.2) is 31.3 Å². The summed E-state index contributed by atoms with van der Waals surface area (Å²) in [6.07, 6.45) is 0. The predicted molar refractivity (Wildman–Crippen MR) is 68.1 cm³/mol. The lowest BCUT2D eigenvalue weighted by molar-refractivity contribution is 0.292. The van der Waals surface area contributed by atoms with Gasteiger partial charge in [-0.1, -0.05) is 29.3 Å². The standard InChI is InChI=1S/C11H16Cl2N2O/c12-10-2-1-9(7-11(10)13)8-15-4-3-14-5-6-16/h1-2,7,14-16H,3-6,8H2. The van der Waals surface area contributed by atoms with Gasteiger partial charge in [-0.25, -0.2) is 0 Å². The second-order valence-corrected chi connectivity index (χ2v) is 4.21. The summed E-state index contributed by atoms with van der Waals surface area (Å²) in [5.41, 5.74) is 1.11. The maximum absolute atomic E-state index is 8.55. The van der Waals surface area contributed by atoms with Gasteiger partial charge in [-0.2, -0.15) is 0 Å². The number of rotatable bonds is 7. The Morgan fingerprint density at radius 3 is 2.44 bits per heavy atom. The third-order valence-corrected chi connectivity index (χ3v) is 2.82.